The zero-order chi connectivity index (χ0) is 12.3. The topological polar surface area (TPSA) is 41.3 Å². The Morgan fingerprint density at radius 3 is 3.12 bits per heavy atom. The summed E-state index contributed by atoms with van der Waals surface area (Å²) >= 11 is 0. The molecular formula is C13H23N3O. The van der Waals surface area contributed by atoms with E-state index in [1.54, 1.807) is 0 Å². The summed E-state index contributed by atoms with van der Waals surface area (Å²) in [7, 11) is 0. The van der Waals surface area contributed by atoms with Crippen LogP contribution in [-0.2, 0) is 13.1 Å². The van der Waals surface area contributed by atoms with Gasteiger partial charge in [0, 0.05) is 25.8 Å². The second kappa shape index (κ2) is 5.65. The van der Waals surface area contributed by atoms with Gasteiger partial charge in [0.15, 0.2) is 0 Å². The Morgan fingerprint density at radius 1 is 1.59 bits per heavy atom. The predicted molar refractivity (Wildman–Crippen MR) is 67.6 cm³/mol. The van der Waals surface area contributed by atoms with E-state index in [0.29, 0.717) is 5.92 Å². The average molecular weight is 237 g/mol. The van der Waals surface area contributed by atoms with Gasteiger partial charge < -0.3 is 5.11 Å². The van der Waals surface area contributed by atoms with E-state index >= 15 is 0 Å². The normalized spacial score (nSPS) is 23.8. The van der Waals surface area contributed by atoms with Gasteiger partial charge in [0.05, 0.1) is 11.8 Å². The summed E-state index contributed by atoms with van der Waals surface area (Å²) in [6.45, 7) is 8.05. The molecule has 0 aliphatic carbocycles. The molecule has 1 aromatic rings. The van der Waals surface area contributed by atoms with Gasteiger partial charge in [-0.25, -0.2) is 0 Å². The Bertz CT molecular complexity index is 348. The maximum Gasteiger partial charge on any atom is 0.0552 e. The molecule has 2 unspecified atom stereocenters. The summed E-state index contributed by atoms with van der Waals surface area (Å²) in [5.74, 6) is 0.432. The largest absolute Gasteiger partial charge is 0.393 e. The molecule has 17 heavy (non-hydrogen) atoms. The summed E-state index contributed by atoms with van der Waals surface area (Å²) in [6, 6.07) is 2.09. The number of hydrogen-bond donors (Lipinski definition) is 1. The van der Waals surface area contributed by atoms with Crippen molar-refractivity contribution in [3.63, 3.8) is 0 Å². The van der Waals surface area contributed by atoms with Crippen molar-refractivity contribution < 1.29 is 5.11 Å². The summed E-state index contributed by atoms with van der Waals surface area (Å²) < 4.78 is 2.05. The van der Waals surface area contributed by atoms with Crippen molar-refractivity contribution in [2.24, 2.45) is 5.92 Å². The monoisotopic (exact) mass is 237 g/mol. The highest BCUT2D eigenvalue weighted by molar-refractivity contribution is 5.00. The third-order valence-corrected chi connectivity index (χ3v) is 3.71. The standard InChI is InChI=1S/C13H23N3O/c1-3-16-13(6-7-14-16)10-15-8-4-5-12(9-15)11(2)17/h6-7,11-12,17H,3-5,8-10H2,1-2H3. The SMILES string of the molecule is CCn1nccc1CN1CCCC(C(C)O)C1. The van der Waals surface area contributed by atoms with Gasteiger partial charge in [-0.15, -0.1) is 0 Å². The van der Waals surface area contributed by atoms with E-state index in [0.717, 1.165) is 32.6 Å². The molecule has 0 saturated carbocycles. The molecule has 96 valence electrons. The highest BCUT2D eigenvalue weighted by atomic mass is 16.3. The summed E-state index contributed by atoms with van der Waals surface area (Å²) in [5.41, 5.74) is 1.28. The van der Waals surface area contributed by atoms with Crippen LogP contribution in [0.15, 0.2) is 12.3 Å². The molecule has 0 radical (unpaired) electrons. The summed E-state index contributed by atoms with van der Waals surface area (Å²) in [6.07, 6.45) is 4.03. The first-order chi connectivity index (χ1) is 8.20. The van der Waals surface area contributed by atoms with Crippen molar-refractivity contribution in [1.82, 2.24) is 14.7 Å². The number of aromatic nitrogens is 2. The zero-order valence-corrected chi connectivity index (χ0v) is 10.8. The van der Waals surface area contributed by atoms with E-state index in [2.05, 4.69) is 23.0 Å². The second-order valence-electron chi connectivity index (χ2n) is 5.02. The number of piperidine rings is 1. The first-order valence-electron chi connectivity index (χ1n) is 6.61. The number of aryl methyl sites for hydroxylation is 1. The third kappa shape index (κ3) is 3.07. The van der Waals surface area contributed by atoms with E-state index in [-0.39, 0.29) is 6.10 Å². The van der Waals surface area contributed by atoms with Crippen LogP contribution in [0.3, 0.4) is 0 Å². The van der Waals surface area contributed by atoms with E-state index < -0.39 is 0 Å². The molecule has 0 spiro atoms. The molecule has 0 aromatic carbocycles. The summed E-state index contributed by atoms with van der Waals surface area (Å²) in [5, 5.41) is 14.0. The van der Waals surface area contributed by atoms with E-state index in [4.69, 9.17) is 0 Å². The highest BCUT2D eigenvalue weighted by Crippen LogP contribution is 2.21. The molecule has 1 saturated heterocycles. The number of likely N-dealkylation sites (tertiary alicyclic amines) is 1. The van der Waals surface area contributed by atoms with Gasteiger partial charge >= 0.3 is 0 Å². The van der Waals surface area contributed by atoms with E-state index in [1.165, 1.54) is 12.1 Å². The molecule has 2 heterocycles. The number of nitrogens with zero attached hydrogens (tertiary/aromatic N) is 3. The zero-order valence-electron chi connectivity index (χ0n) is 10.8. The first kappa shape index (κ1) is 12.6. The molecule has 0 amide bonds. The fourth-order valence-electron chi connectivity index (χ4n) is 2.64. The van der Waals surface area contributed by atoms with Crippen LogP contribution in [0.25, 0.3) is 0 Å². The molecule has 4 nitrogen and oxygen atoms in total. The molecule has 1 fully saturated rings. The van der Waals surface area contributed by atoms with E-state index in [9.17, 15) is 5.11 Å². The highest BCUT2D eigenvalue weighted by Gasteiger charge is 2.23. The predicted octanol–water partition coefficient (Wildman–Crippen LogP) is 1.50. The van der Waals surface area contributed by atoms with E-state index in [1.807, 2.05) is 17.8 Å². The third-order valence-electron chi connectivity index (χ3n) is 3.71. The first-order valence-corrected chi connectivity index (χ1v) is 6.61. The quantitative estimate of drug-likeness (QED) is 0.862. The van der Waals surface area contributed by atoms with Crippen LogP contribution in [0, 0.1) is 5.92 Å². The smallest absolute Gasteiger partial charge is 0.0552 e. The van der Waals surface area contributed by atoms with Crippen LogP contribution < -0.4 is 0 Å². The number of hydrogen-bond acceptors (Lipinski definition) is 3. The Balaban J connectivity index is 1.94. The van der Waals surface area contributed by atoms with Crippen LogP contribution in [0.1, 0.15) is 32.4 Å². The van der Waals surface area contributed by atoms with Gasteiger partial charge in [-0.2, -0.15) is 5.10 Å². The Labute approximate surface area is 103 Å². The second-order valence-corrected chi connectivity index (χ2v) is 5.02. The van der Waals surface area contributed by atoms with Crippen molar-refractivity contribution >= 4 is 0 Å². The number of aliphatic hydroxyl groups excluding tert-OH is 1. The minimum absolute atomic E-state index is 0.186. The molecular weight excluding hydrogens is 214 g/mol. The molecule has 1 N–H and O–H groups in total. The molecule has 2 rings (SSSR count). The van der Waals surface area contributed by atoms with Gasteiger partial charge in [0.25, 0.3) is 0 Å². The van der Waals surface area contributed by atoms with Crippen LogP contribution >= 0.6 is 0 Å². The summed E-state index contributed by atoms with van der Waals surface area (Å²) in [4.78, 5) is 2.43. The molecule has 1 aromatic heterocycles. The number of rotatable bonds is 4. The lowest BCUT2D eigenvalue weighted by atomic mass is 9.93. The maximum atomic E-state index is 9.68. The number of aliphatic hydroxyl groups is 1. The van der Waals surface area contributed by atoms with Gasteiger partial charge in [-0.3, -0.25) is 9.58 Å². The maximum absolute atomic E-state index is 9.68. The van der Waals surface area contributed by atoms with Gasteiger partial charge in [-0.05, 0) is 45.2 Å². The lowest BCUT2D eigenvalue weighted by molar-refractivity contribution is 0.0589. The molecule has 4 heteroatoms. The van der Waals surface area contributed by atoms with Crippen molar-refractivity contribution in [3.8, 4) is 0 Å². The average Bonchev–Trinajstić information content (AvgIpc) is 2.76. The Morgan fingerprint density at radius 2 is 2.41 bits per heavy atom. The lowest BCUT2D eigenvalue weighted by Gasteiger charge is -2.34. The molecule has 1 aliphatic heterocycles. The molecule has 1 aliphatic rings. The fraction of sp³-hybridized carbons (Fsp3) is 0.769. The van der Waals surface area contributed by atoms with Gasteiger partial charge in [0.2, 0.25) is 0 Å². The fourth-order valence-corrected chi connectivity index (χ4v) is 2.64. The van der Waals surface area contributed by atoms with Gasteiger partial charge in [-0.1, -0.05) is 0 Å². The van der Waals surface area contributed by atoms with Crippen molar-refractivity contribution in [1.29, 1.82) is 0 Å². The lowest BCUT2D eigenvalue weighted by Crippen LogP contribution is -2.39. The van der Waals surface area contributed by atoms with Crippen LogP contribution in [0.5, 0.6) is 0 Å². The van der Waals surface area contributed by atoms with Crippen LogP contribution in [0.2, 0.25) is 0 Å². The minimum Gasteiger partial charge on any atom is -0.393 e. The van der Waals surface area contributed by atoms with Gasteiger partial charge in [0.1, 0.15) is 0 Å². The molecule has 0 bridgehead atoms. The Hall–Kier alpha value is -0.870. The molecule has 2 atom stereocenters. The van der Waals surface area contributed by atoms with Crippen molar-refractivity contribution in [3.05, 3.63) is 18.0 Å². The van der Waals surface area contributed by atoms with Crippen molar-refractivity contribution in [2.45, 2.75) is 45.9 Å². The van der Waals surface area contributed by atoms with Crippen molar-refractivity contribution in [2.75, 3.05) is 13.1 Å². The Kier molecular flexibility index (Phi) is 4.18. The van der Waals surface area contributed by atoms with Crippen LogP contribution in [0.4, 0.5) is 0 Å². The van der Waals surface area contributed by atoms with Crippen LogP contribution in [-0.4, -0.2) is 39.0 Å². The minimum atomic E-state index is -0.186.